The van der Waals surface area contributed by atoms with Crippen molar-refractivity contribution in [3.8, 4) is 0 Å². The van der Waals surface area contributed by atoms with Crippen LogP contribution in [0, 0.1) is 5.92 Å². The average Bonchev–Trinajstić information content (AvgIpc) is 2.24. The second kappa shape index (κ2) is 7.24. The second-order valence-electron chi connectivity index (χ2n) is 5.18. The molecule has 0 aromatic rings. The maximum atomic E-state index is 3.48. The van der Waals surface area contributed by atoms with Crippen molar-refractivity contribution < 1.29 is 0 Å². The molecule has 15 heavy (non-hydrogen) atoms. The van der Waals surface area contributed by atoms with E-state index in [0.29, 0.717) is 6.04 Å². The molecular formula is C13H28N2. The SMILES string of the molecule is CCC1CCCN(CCCNC(C)C)C1. The summed E-state index contributed by atoms with van der Waals surface area (Å²) in [6.45, 7) is 11.9. The number of hydrogen-bond donors (Lipinski definition) is 1. The Morgan fingerprint density at radius 1 is 1.40 bits per heavy atom. The summed E-state index contributed by atoms with van der Waals surface area (Å²) in [7, 11) is 0. The molecular weight excluding hydrogens is 184 g/mol. The average molecular weight is 212 g/mol. The third-order valence-corrected chi connectivity index (χ3v) is 3.38. The highest BCUT2D eigenvalue weighted by molar-refractivity contribution is 4.72. The molecule has 0 amide bonds. The number of likely N-dealkylation sites (tertiary alicyclic amines) is 1. The van der Waals surface area contributed by atoms with E-state index in [1.807, 2.05) is 0 Å². The molecule has 2 nitrogen and oxygen atoms in total. The maximum Gasteiger partial charge on any atom is 0.00103 e. The van der Waals surface area contributed by atoms with Crippen molar-refractivity contribution in [2.45, 2.75) is 52.5 Å². The molecule has 0 saturated carbocycles. The van der Waals surface area contributed by atoms with E-state index in [1.54, 1.807) is 0 Å². The number of hydrogen-bond acceptors (Lipinski definition) is 2. The van der Waals surface area contributed by atoms with E-state index in [2.05, 4.69) is 31.0 Å². The van der Waals surface area contributed by atoms with Crippen LogP contribution in [0.2, 0.25) is 0 Å². The van der Waals surface area contributed by atoms with Gasteiger partial charge in [-0.2, -0.15) is 0 Å². The van der Waals surface area contributed by atoms with Crippen molar-refractivity contribution in [1.29, 1.82) is 0 Å². The minimum atomic E-state index is 0.634. The molecule has 1 fully saturated rings. The normalized spacial score (nSPS) is 23.6. The van der Waals surface area contributed by atoms with Crippen LogP contribution in [-0.2, 0) is 0 Å². The summed E-state index contributed by atoms with van der Waals surface area (Å²) in [6.07, 6.45) is 5.53. The van der Waals surface area contributed by atoms with Crippen molar-refractivity contribution in [2.75, 3.05) is 26.2 Å². The molecule has 1 aliphatic heterocycles. The Balaban J connectivity index is 2.05. The summed E-state index contributed by atoms with van der Waals surface area (Å²) < 4.78 is 0. The van der Waals surface area contributed by atoms with Gasteiger partial charge < -0.3 is 10.2 Å². The van der Waals surface area contributed by atoms with Gasteiger partial charge in [-0.15, -0.1) is 0 Å². The van der Waals surface area contributed by atoms with Crippen LogP contribution < -0.4 is 5.32 Å². The molecule has 0 aliphatic carbocycles. The fraction of sp³-hybridized carbons (Fsp3) is 1.00. The van der Waals surface area contributed by atoms with Gasteiger partial charge in [0.25, 0.3) is 0 Å². The molecule has 0 bridgehead atoms. The van der Waals surface area contributed by atoms with E-state index in [0.717, 1.165) is 5.92 Å². The van der Waals surface area contributed by atoms with Gasteiger partial charge in [0, 0.05) is 12.6 Å². The first-order chi connectivity index (χ1) is 7.22. The summed E-state index contributed by atoms with van der Waals surface area (Å²) in [5.41, 5.74) is 0. The first kappa shape index (κ1) is 13.0. The molecule has 1 N–H and O–H groups in total. The Morgan fingerprint density at radius 3 is 2.87 bits per heavy atom. The van der Waals surface area contributed by atoms with Gasteiger partial charge in [0.05, 0.1) is 0 Å². The largest absolute Gasteiger partial charge is 0.314 e. The Hall–Kier alpha value is -0.0800. The number of piperidine rings is 1. The van der Waals surface area contributed by atoms with Crippen LogP contribution in [0.15, 0.2) is 0 Å². The third kappa shape index (κ3) is 5.53. The molecule has 1 heterocycles. The van der Waals surface area contributed by atoms with Crippen molar-refractivity contribution in [3.05, 3.63) is 0 Å². The lowest BCUT2D eigenvalue weighted by Gasteiger charge is -2.32. The summed E-state index contributed by atoms with van der Waals surface area (Å²) in [5.74, 6) is 0.969. The van der Waals surface area contributed by atoms with Gasteiger partial charge in [-0.25, -0.2) is 0 Å². The second-order valence-corrected chi connectivity index (χ2v) is 5.18. The van der Waals surface area contributed by atoms with Gasteiger partial charge in [0.2, 0.25) is 0 Å². The van der Waals surface area contributed by atoms with E-state index < -0.39 is 0 Å². The first-order valence-electron chi connectivity index (χ1n) is 6.68. The Kier molecular flexibility index (Phi) is 6.26. The number of nitrogens with one attached hydrogen (secondary N) is 1. The molecule has 2 heteroatoms. The summed E-state index contributed by atoms with van der Waals surface area (Å²) >= 11 is 0. The fourth-order valence-corrected chi connectivity index (χ4v) is 2.38. The lowest BCUT2D eigenvalue weighted by molar-refractivity contribution is 0.169. The van der Waals surface area contributed by atoms with E-state index in [1.165, 1.54) is 51.9 Å². The highest BCUT2D eigenvalue weighted by Crippen LogP contribution is 2.18. The summed E-state index contributed by atoms with van der Waals surface area (Å²) in [6, 6.07) is 0.634. The minimum Gasteiger partial charge on any atom is -0.314 e. The van der Waals surface area contributed by atoms with Crippen LogP contribution in [0.25, 0.3) is 0 Å². The Labute approximate surface area is 95.4 Å². The molecule has 1 unspecified atom stereocenters. The van der Waals surface area contributed by atoms with E-state index in [4.69, 9.17) is 0 Å². The van der Waals surface area contributed by atoms with Gasteiger partial charge in [0.1, 0.15) is 0 Å². The first-order valence-corrected chi connectivity index (χ1v) is 6.68. The van der Waals surface area contributed by atoms with Crippen LogP contribution in [0.4, 0.5) is 0 Å². The predicted octanol–water partition coefficient (Wildman–Crippen LogP) is 2.50. The molecule has 0 radical (unpaired) electrons. The molecule has 1 saturated heterocycles. The van der Waals surface area contributed by atoms with Crippen LogP contribution in [0.3, 0.4) is 0 Å². The smallest absolute Gasteiger partial charge is 0.00103 e. The van der Waals surface area contributed by atoms with Gasteiger partial charge >= 0.3 is 0 Å². The van der Waals surface area contributed by atoms with Gasteiger partial charge in [-0.05, 0) is 44.8 Å². The van der Waals surface area contributed by atoms with Crippen molar-refractivity contribution in [2.24, 2.45) is 5.92 Å². The van der Waals surface area contributed by atoms with Crippen molar-refractivity contribution in [1.82, 2.24) is 10.2 Å². The Bertz CT molecular complexity index is 157. The topological polar surface area (TPSA) is 15.3 Å². The predicted molar refractivity (Wildman–Crippen MR) is 67.2 cm³/mol. The van der Waals surface area contributed by atoms with Crippen molar-refractivity contribution >= 4 is 0 Å². The standard InChI is InChI=1S/C13H28N2/c1-4-13-7-5-9-15(11-13)10-6-8-14-12(2)3/h12-14H,4-11H2,1-3H3. The molecule has 0 spiro atoms. The molecule has 1 aliphatic rings. The third-order valence-electron chi connectivity index (χ3n) is 3.38. The summed E-state index contributed by atoms with van der Waals surface area (Å²) in [4.78, 5) is 2.65. The molecule has 1 rings (SSSR count). The highest BCUT2D eigenvalue weighted by atomic mass is 15.1. The summed E-state index contributed by atoms with van der Waals surface area (Å²) in [5, 5.41) is 3.48. The molecule has 90 valence electrons. The van der Waals surface area contributed by atoms with Gasteiger partial charge in [-0.1, -0.05) is 27.2 Å². The zero-order valence-corrected chi connectivity index (χ0v) is 10.8. The minimum absolute atomic E-state index is 0.634. The van der Waals surface area contributed by atoms with Crippen LogP contribution in [0.1, 0.15) is 46.5 Å². The lowest BCUT2D eigenvalue weighted by Crippen LogP contribution is -2.37. The molecule has 1 atom stereocenters. The zero-order valence-electron chi connectivity index (χ0n) is 10.8. The number of rotatable bonds is 6. The highest BCUT2D eigenvalue weighted by Gasteiger charge is 2.17. The van der Waals surface area contributed by atoms with Gasteiger partial charge in [0.15, 0.2) is 0 Å². The molecule has 0 aromatic carbocycles. The Morgan fingerprint density at radius 2 is 2.20 bits per heavy atom. The van der Waals surface area contributed by atoms with Crippen LogP contribution in [-0.4, -0.2) is 37.1 Å². The van der Waals surface area contributed by atoms with E-state index >= 15 is 0 Å². The quantitative estimate of drug-likeness (QED) is 0.681. The maximum absolute atomic E-state index is 3.48. The van der Waals surface area contributed by atoms with Crippen molar-refractivity contribution in [3.63, 3.8) is 0 Å². The van der Waals surface area contributed by atoms with Crippen LogP contribution in [0.5, 0.6) is 0 Å². The van der Waals surface area contributed by atoms with Crippen LogP contribution >= 0.6 is 0 Å². The fourth-order valence-electron chi connectivity index (χ4n) is 2.38. The monoisotopic (exact) mass is 212 g/mol. The zero-order chi connectivity index (χ0) is 11.1. The number of nitrogens with zero attached hydrogens (tertiary/aromatic N) is 1. The molecule has 0 aromatic heterocycles. The van der Waals surface area contributed by atoms with E-state index in [9.17, 15) is 0 Å². The van der Waals surface area contributed by atoms with E-state index in [-0.39, 0.29) is 0 Å². The van der Waals surface area contributed by atoms with Gasteiger partial charge in [-0.3, -0.25) is 0 Å². The lowest BCUT2D eigenvalue weighted by atomic mass is 9.95.